The van der Waals surface area contributed by atoms with Gasteiger partial charge in [0.1, 0.15) is 5.82 Å². The molecule has 0 atom stereocenters. The van der Waals surface area contributed by atoms with Crippen LogP contribution in [0, 0.1) is 11.6 Å². The zero-order chi connectivity index (χ0) is 15.6. The summed E-state index contributed by atoms with van der Waals surface area (Å²) in [6, 6.07) is 7.90. The summed E-state index contributed by atoms with van der Waals surface area (Å²) in [7, 11) is 0. The molecule has 2 rings (SSSR count). The van der Waals surface area contributed by atoms with Crippen LogP contribution in [-0.4, -0.2) is 6.04 Å². The van der Waals surface area contributed by atoms with E-state index in [4.69, 9.17) is 11.6 Å². The molecule has 1 nitrogen and oxygen atoms in total. The van der Waals surface area contributed by atoms with Crippen molar-refractivity contribution < 1.29 is 8.78 Å². The SMILES string of the molecule is CC(C)NCc1ccc(F)cc1-c1ccc(Br)c(Cl)c1F. The summed E-state index contributed by atoms with van der Waals surface area (Å²) >= 11 is 9.10. The first-order valence-corrected chi connectivity index (χ1v) is 7.73. The van der Waals surface area contributed by atoms with E-state index in [2.05, 4.69) is 21.2 Å². The second-order valence-electron chi connectivity index (χ2n) is 5.06. The van der Waals surface area contributed by atoms with Crippen molar-refractivity contribution in [2.45, 2.75) is 26.4 Å². The molecule has 0 amide bonds. The highest BCUT2D eigenvalue weighted by atomic mass is 79.9. The van der Waals surface area contributed by atoms with Gasteiger partial charge in [-0.25, -0.2) is 8.78 Å². The van der Waals surface area contributed by atoms with Crippen molar-refractivity contribution in [1.29, 1.82) is 0 Å². The van der Waals surface area contributed by atoms with Crippen molar-refractivity contribution in [2.75, 3.05) is 0 Å². The van der Waals surface area contributed by atoms with Gasteiger partial charge in [0.2, 0.25) is 0 Å². The summed E-state index contributed by atoms with van der Waals surface area (Å²) in [5.41, 5.74) is 1.63. The van der Waals surface area contributed by atoms with Gasteiger partial charge in [-0.2, -0.15) is 0 Å². The summed E-state index contributed by atoms with van der Waals surface area (Å²) in [6.45, 7) is 4.56. The van der Waals surface area contributed by atoms with E-state index in [1.165, 1.54) is 12.1 Å². The van der Waals surface area contributed by atoms with Crippen LogP contribution in [0.4, 0.5) is 8.78 Å². The molecule has 0 saturated heterocycles. The van der Waals surface area contributed by atoms with Crippen LogP contribution < -0.4 is 5.32 Å². The molecule has 0 unspecified atom stereocenters. The van der Waals surface area contributed by atoms with Crippen molar-refractivity contribution in [3.63, 3.8) is 0 Å². The minimum atomic E-state index is -0.553. The molecule has 0 radical (unpaired) electrons. The molecule has 5 heteroatoms. The molecule has 1 N–H and O–H groups in total. The maximum absolute atomic E-state index is 14.4. The molecule has 0 fully saturated rings. The third kappa shape index (κ3) is 3.82. The molecule has 0 aliphatic heterocycles. The average molecular weight is 375 g/mol. The zero-order valence-corrected chi connectivity index (χ0v) is 14.0. The fourth-order valence-electron chi connectivity index (χ4n) is 2.00. The Morgan fingerprint density at radius 1 is 1.14 bits per heavy atom. The van der Waals surface area contributed by atoms with E-state index >= 15 is 0 Å². The molecule has 21 heavy (non-hydrogen) atoms. The van der Waals surface area contributed by atoms with E-state index in [-0.39, 0.29) is 11.1 Å². The van der Waals surface area contributed by atoms with Crippen LogP contribution in [-0.2, 0) is 6.54 Å². The van der Waals surface area contributed by atoms with Crippen molar-refractivity contribution in [2.24, 2.45) is 0 Å². The maximum Gasteiger partial charge on any atom is 0.150 e. The molecule has 112 valence electrons. The van der Waals surface area contributed by atoms with E-state index in [1.54, 1.807) is 18.2 Å². The normalized spacial score (nSPS) is 11.2. The second-order valence-corrected chi connectivity index (χ2v) is 6.29. The number of hydrogen-bond donors (Lipinski definition) is 1. The van der Waals surface area contributed by atoms with Crippen LogP contribution in [0.25, 0.3) is 11.1 Å². The fourth-order valence-corrected chi connectivity index (χ4v) is 2.47. The monoisotopic (exact) mass is 373 g/mol. The molecular formula is C16H15BrClF2N. The first-order valence-electron chi connectivity index (χ1n) is 6.56. The van der Waals surface area contributed by atoms with Gasteiger partial charge in [-0.15, -0.1) is 0 Å². The van der Waals surface area contributed by atoms with Crippen LogP contribution >= 0.6 is 27.5 Å². The molecule has 0 heterocycles. The summed E-state index contributed by atoms with van der Waals surface area (Å²) in [6.07, 6.45) is 0. The number of hydrogen-bond acceptors (Lipinski definition) is 1. The van der Waals surface area contributed by atoms with Gasteiger partial charge < -0.3 is 5.32 Å². The molecule has 0 aliphatic rings. The molecular weight excluding hydrogens is 360 g/mol. The van der Waals surface area contributed by atoms with Gasteiger partial charge in [-0.3, -0.25) is 0 Å². The summed E-state index contributed by atoms with van der Waals surface area (Å²) in [5, 5.41) is 3.25. The molecule has 0 aromatic heterocycles. The third-order valence-electron chi connectivity index (χ3n) is 3.10. The Morgan fingerprint density at radius 3 is 2.52 bits per heavy atom. The fraction of sp³-hybridized carbons (Fsp3) is 0.250. The Balaban J connectivity index is 2.52. The summed E-state index contributed by atoms with van der Waals surface area (Å²) < 4.78 is 28.4. The lowest BCUT2D eigenvalue weighted by atomic mass is 9.98. The van der Waals surface area contributed by atoms with E-state index < -0.39 is 11.6 Å². The van der Waals surface area contributed by atoms with Gasteiger partial charge in [0.25, 0.3) is 0 Å². The van der Waals surface area contributed by atoms with Gasteiger partial charge in [0.15, 0.2) is 5.82 Å². The largest absolute Gasteiger partial charge is 0.310 e. The second kappa shape index (κ2) is 6.86. The molecule has 0 saturated carbocycles. The molecule has 0 bridgehead atoms. The molecule has 2 aromatic carbocycles. The Morgan fingerprint density at radius 2 is 1.86 bits per heavy atom. The smallest absolute Gasteiger partial charge is 0.150 e. The first kappa shape index (κ1) is 16.4. The Hall–Kier alpha value is -0.970. The third-order valence-corrected chi connectivity index (χ3v) is 4.36. The minimum Gasteiger partial charge on any atom is -0.310 e. The van der Waals surface area contributed by atoms with E-state index in [0.29, 0.717) is 22.1 Å². The quantitative estimate of drug-likeness (QED) is 0.692. The molecule has 0 spiro atoms. The van der Waals surface area contributed by atoms with Gasteiger partial charge >= 0.3 is 0 Å². The summed E-state index contributed by atoms with van der Waals surface area (Å²) in [4.78, 5) is 0. The predicted octanol–water partition coefficient (Wildman–Crippen LogP) is 5.55. The van der Waals surface area contributed by atoms with Crippen LogP contribution in [0.2, 0.25) is 5.02 Å². The van der Waals surface area contributed by atoms with Gasteiger partial charge in [-0.1, -0.05) is 37.6 Å². The summed E-state index contributed by atoms with van der Waals surface area (Å²) in [5.74, 6) is -0.959. The van der Waals surface area contributed by atoms with Crippen LogP contribution in [0.1, 0.15) is 19.4 Å². The molecule has 2 aromatic rings. The van der Waals surface area contributed by atoms with Crippen LogP contribution in [0.3, 0.4) is 0 Å². The van der Waals surface area contributed by atoms with E-state index in [1.807, 2.05) is 13.8 Å². The standard InChI is InChI=1S/C16H15BrClF2N/c1-9(2)21-8-10-3-4-11(19)7-13(10)12-5-6-14(17)15(18)16(12)20/h3-7,9,21H,8H2,1-2H3. The predicted molar refractivity (Wildman–Crippen MR) is 86.5 cm³/mol. The van der Waals surface area contributed by atoms with Crippen molar-refractivity contribution in [3.05, 3.63) is 57.0 Å². The Bertz CT molecular complexity index is 659. The molecule has 0 aliphatic carbocycles. The highest BCUT2D eigenvalue weighted by Gasteiger charge is 2.15. The van der Waals surface area contributed by atoms with Crippen molar-refractivity contribution in [3.8, 4) is 11.1 Å². The van der Waals surface area contributed by atoms with Gasteiger partial charge in [0.05, 0.1) is 5.02 Å². The van der Waals surface area contributed by atoms with Crippen molar-refractivity contribution >= 4 is 27.5 Å². The Kier molecular flexibility index (Phi) is 5.36. The van der Waals surface area contributed by atoms with Crippen molar-refractivity contribution in [1.82, 2.24) is 5.32 Å². The van der Waals surface area contributed by atoms with Crippen LogP contribution in [0.15, 0.2) is 34.8 Å². The van der Waals surface area contributed by atoms with Gasteiger partial charge in [0, 0.05) is 22.6 Å². The minimum absolute atomic E-state index is 0.000435. The maximum atomic E-state index is 14.4. The van der Waals surface area contributed by atoms with E-state index in [0.717, 1.165) is 5.56 Å². The average Bonchev–Trinajstić information content (AvgIpc) is 2.43. The number of halogens is 4. The highest BCUT2D eigenvalue weighted by Crippen LogP contribution is 2.34. The van der Waals surface area contributed by atoms with Gasteiger partial charge in [-0.05, 0) is 45.3 Å². The highest BCUT2D eigenvalue weighted by molar-refractivity contribution is 9.10. The number of nitrogens with one attached hydrogen (secondary N) is 1. The lowest BCUT2D eigenvalue weighted by Crippen LogP contribution is -2.22. The number of rotatable bonds is 4. The Labute approximate surface area is 136 Å². The van der Waals surface area contributed by atoms with Crippen LogP contribution in [0.5, 0.6) is 0 Å². The first-order chi connectivity index (χ1) is 9.90. The van der Waals surface area contributed by atoms with E-state index in [9.17, 15) is 8.78 Å². The lowest BCUT2D eigenvalue weighted by molar-refractivity contribution is 0.586. The number of benzene rings is 2. The zero-order valence-electron chi connectivity index (χ0n) is 11.7. The lowest BCUT2D eigenvalue weighted by Gasteiger charge is -2.14. The topological polar surface area (TPSA) is 12.0 Å².